The van der Waals surface area contributed by atoms with Crippen LogP contribution in [0.4, 0.5) is 8.78 Å². The fourth-order valence-electron chi connectivity index (χ4n) is 2.97. The van der Waals surface area contributed by atoms with E-state index in [4.69, 9.17) is 5.73 Å². The maximum absolute atomic E-state index is 13.4. The highest BCUT2D eigenvalue weighted by Crippen LogP contribution is 2.36. The standard InChI is InChI=1S/C14H16F2N2/c1-2-11(17)14-8-6-9(15)10(16)7-13(8)18-5-3-4-12(14)18/h6-7,11H,2-5,17H2,1H3. The number of rotatable bonds is 2. The number of fused-ring (bicyclic) bond motifs is 3. The Morgan fingerprint density at radius 1 is 1.33 bits per heavy atom. The predicted octanol–water partition coefficient (Wildman–Crippen LogP) is 3.28. The van der Waals surface area contributed by atoms with Crippen LogP contribution in [0.15, 0.2) is 12.1 Å². The molecule has 96 valence electrons. The number of aromatic nitrogens is 1. The van der Waals surface area contributed by atoms with E-state index in [1.165, 1.54) is 12.1 Å². The second-order valence-corrected chi connectivity index (χ2v) is 4.91. The van der Waals surface area contributed by atoms with Crippen LogP contribution in [0.25, 0.3) is 10.9 Å². The lowest BCUT2D eigenvalue weighted by Gasteiger charge is -2.10. The molecule has 0 saturated carbocycles. The van der Waals surface area contributed by atoms with Gasteiger partial charge in [0.1, 0.15) is 0 Å². The lowest BCUT2D eigenvalue weighted by Crippen LogP contribution is -2.10. The summed E-state index contributed by atoms with van der Waals surface area (Å²) in [6.45, 7) is 2.88. The summed E-state index contributed by atoms with van der Waals surface area (Å²) in [5.41, 5.74) is 9.07. The van der Waals surface area contributed by atoms with Crippen molar-refractivity contribution in [1.29, 1.82) is 0 Å². The predicted molar refractivity (Wildman–Crippen MR) is 67.4 cm³/mol. The molecule has 0 fully saturated rings. The van der Waals surface area contributed by atoms with Gasteiger partial charge in [-0.2, -0.15) is 0 Å². The minimum Gasteiger partial charge on any atom is -0.344 e. The van der Waals surface area contributed by atoms with Gasteiger partial charge in [0.15, 0.2) is 11.6 Å². The van der Waals surface area contributed by atoms with Gasteiger partial charge in [0.05, 0.1) is 5.52 Å². The van der Waals surface area contributed by atoms with Crippen LogP contribution >= 0.6 is 0 Å². The molecule has 2 heterocycles. The first-order valence-corrected chi connectivity index (χ1v) is 6.39. The van der Waals surface area contributed by atoms with Crippen molar-refractivity contribution in [3.05, 3.63) is 35.0 Å². The number of hydrogen-bond donors (Lipinski definition) is 1. The first-order valence-electron chi connectivity index (χ1n) is 6.39. The summed E-state index contributed by atoms with van der Waals surface area (Å²) >= 11 is 0. The number of hydrogen-bond acceptors (Lipinski definition) is 1. The number of nitrogens with zero attached hydrogens (tertiary/aromatic N) is 1. The maximum Gasteiger partial charge on any atom is 0.160 e. The third-order valence-electron chi connectivity index (χ3n) is 3.86. The molecule has 2 nitrogen and oxygen atoms in total. The van der Waals surface area contributed by atoms with Crippen LogP contribution in [-0.2, 0) is 13.0 Å². The van der Waals surface area contributed by atoms with Gasteiger partial charge in [0.25, 0.3) is 0 Å². The highest BCUT2D eigenvalue weighted by atomic mass is 19.2. The van der Waals surface area contributed by atoms with E-state index >= 15 is 0 Å². The summed E-state index contributed by atoms with van der Waals surface area (Å²) in [6.07, 6.45) is 2.79. The summed E-state index contributed by atoms with van der Waals surface area (Å²) in [7, 11) is 0. The van der Waals surface area contributed by atoms with Crippen LogP contribution in [-0.4, -0.2) is 4.57 Å². The summed E-state index contributed by atoms with van der Waals surface area (Å²) in [4.78, 5) is 0. The number of nitrogens with two attached hydrogens (primary N) is 1. The van der Waals surface area contributed by atoms with Crippen LogP contribution in [0.1, 0.15) is 37.1 Å². The zero-order valence-electron chi connectivity index (χ0n) is 10.3. The third kappa shape index (κ3) is 1.48. The minimum absolute atomic E-state index is 0.105. The van der Waals surface area contributed by atoms with E-state index in [2.05, 4.69) is 4.57 Å². The molecule has 2 aromatic rings. The summed E-state index contributed by atoms with van der Waals surface area (Å²) in [6, 6.07) is 2.48. The van der Waals surface area contributed by atoms with Crippen molar-refractivity contribution in [1.82, 2.24) is 4.57 Å². The number of halogens is 2. The molecule has 0 spiro atoms. The molecule has 2 N–H and O–H groups in total. The second-order valence-electron chi connectivity index (χ2n) is 4.91. The quantitative estimate of drug-likeness (QED) is 0.871. The summed E-state index contributed by atoms with van der Waals surface area (Å²) < 4.78 is 28.9. The van der Waals surface area contributed by atoms with E-state index in [0.29, 0.717) is 0 Å². The zero-order chi connectivity index (χ0) is 12.9. The van der Waals surface area contributed by atoms with Gasteiger partial charge in [-0.15, -0.1) is 0 Å². The van der Waals surface area contributed by atoms with Crippen LogP contribution in [0.2, 0.25) is 0 Å². The van der Waals surface area contributed by atoms with E-state index in [-0.39, 0.29) is 6.04 Å². The van der Waals surface area contributed by atoms with Gasteiger partial charge in [-0.05, 0) is 30.9 Å². The molecule has 0 amide bonds. The Kier molecular flexibility index (Phi) is 2.63. The van der Waals surface area contributed by atoms with Crippen LogP contribution in [0.3, 0.4) is 0 Å². The normalized spacial score (nSPS) is 16.2. The molecular formula is C14H16F2N2. The molecule has 1 aromatic carbocycles. The van der Waals surface area contributed by atoms with Crippen molar-refractivity contribution >= 4 is 10.9 Å². The first kappa shape index (κ1) is 11.7. The van der Waals surface area contributed by atoms with Crippen LogP contribution in [0, 0.1) is 11.6 Å². The average molecular weight is 250 g/mol. The molecule has 18 heavy (non-hydrogen) atoms. The number of benzene rings is 1. The molecule has 0 radical (unpaired) electrons. The van der Waals surface area contributed by atoms with Gasteiger partial charge in [-0.3, -0.25) is 0 Å². The van der Waals surface area contributed by atoms with Crippen LogP contribution < -0.4 is 5.73 Å². The Bertz CT molecular complexity index is 616. The molecule has 0 aliphatic carbocycles. The molecule has 4 heteroatoms. The Balaban J connectivity index is 2.36. The largest absolute Gasteiger partial charge is 0.344 e. The molecule has 1 unspecified atom stereocenters. The Labute approximate surface area is 104 Å². The molecule has 0 bridgehead atoms. The zero-order valence-corrected chi connectivity index (χ0v) is 10.3. The van der Waals surface area contributed by atoms with E-state index < -0.39 is 11.6 Å². The molecule has 0 saturated heterocycles. The molecule has 1 aliphatic heterocycles. The summed E-state index contributed by atoms with van der Waals surface area (Å²) in [5.74, 6) is -1.58. The van der Waals surface area contributed by atoms with E-state index in [0.717, 1.165) is 48.0 Å². The highest BCUT2D eigenvalue weighted by Gasteiger charge is 2.25. The Hall–Kier alpha value is -1.42. The number of aryl methyl sites for hydroxylation is 1. The topological polar surface area (TPSA) is 30.9 Å². The molecule has 1 aliphatic rings. The van der Waals surface area contributed by atoms with Crippen molar-refractivity contribution in [3.63, 3.8) is 0 Å². The van der Waals surface area contributed by atoms with Crippen molar-refractivity contribution in [3.8, 4) is 0 Å². The van der Waals surface area contributed by atoms with Gasteiger partial charge in [-0.1, -0.05) is 6.92 Å². The maximum atomic E-state index is 13.4. The average Bonchev–Trinajstić information content (AvgIpc) is 2.90. The minimum atomic E-state index is -0.795. The first-order chi connectivity index (χ1) is 8.63. The monoisotopic (exact) mass is 250 g/mol. The third-order valence-corrected chi connectivity index (χ3v) is 3.86. The fraction of sp³-hybridized carbons (Fsp3) is 0.429. The van der Waals surface area contributed by atoms with Crippen molar-refractivity contribution in [2.75, 3.05) is 0 Å². The lowest BCUT2D eigenvalue weighted by atomic mass is 10.00. The van der Waals surface area contributed by atoms with E-state index in [1.54, 1.807) is 0 Å². The SMILES string of the molecule is CCC(N)c1c2n(c3cc(F)c(F)cc13)CCC2. The molecule has 1 aromatic heterocycles. The van der Waals surface area contributed by atoms with Crippen molar-refractivity contribution < 1.29 is 8.78 Å². The molecular weight excluding hydrogens is 234 g/mol. The van der Waals surface area contributed by atoms with Gasteiger partial charge in [-0.25, -0.2) is 8.78 Å². The fourth-order valence-corrected chi connectivity index (χ4v) is 2.97. The molecule has 1 atom stereocenters. The van der Waals surface area contributed by atoms with Gasteiger partial charge >= 0.3 is 0 Å². The van der Waals surface area contributed by atoms with Crippen molar-refractivity contribution in [2.24, 2.45) is 5.73 Å². The summed E-state index contributed by atoms with van der Waals surface area (Å²) in [5, 5.41) is 0.776. The Morgan fingerprint density at radius 3 is 2.78 bits per heavy atom. The van der Waals surface area contributed by atoms with Crippen molar-refractivity contribution in [2.45, 2.75) is 38.8 Å². The van der Waals surface area contributed by atoms with Gasteiger partial charge in [0, 0.05) is 29.7 Å². The second kappa shape index (κ2) is 4.05. The van der Waals surface area contributed by atoms with Gasteiger partial charge < -0.3 is 10.3 Å². The Morgan fingerprint density at radius 2 is 2.06 bits per heavy atom. The van der Waals surface area contributed by atoms with Gasteiger partial charge in [0.2, 0.25) is 0 Å². The smallest absolute Gasteiger partial charge is 0.160 e. The van der Waals surface area contributed by atoms with E-state index in [1.807, 2.05) is 6.92 Å². The van der Waals surface area contributed by atoms with Crippen LogP contribution in [0.5, 0.6) is 0 Å². The highest BCUT2D eigenvalue weighted by molar-refractivity contribution is 5.86. The molecule has 3 rings (SSSR count). The lowest BCUT2D eigenvalue weighted by molar-refractivity contribution is 0.510. The van der Waals surface area contributed by atoms with E-state index in [9.17, 15) is 8.78 Å².